The van der Waals surface area contributed by atoms with E-state index in [4.69, 9.17) is 0 Å². The molecule has 1 unspecified atom stereocenters. The van der Waals surface area contributed by atoms with Crippen LogP contribution in [0.2, 0.25) is 0 Å². The molecule has 2 N–H and O–H groups in total. The van der Waals surface area contributed by atoms with Gasteiger partial charge in [0.1, 0.15) is 5.92 Å². The van der Waals surface area contributed by atoms with Crippen LogP contribution in [-0.2, 0) is 4.79 Å². The molecular weight excluding hydrogens is 204 g/mol. The lowest BCUT2D eigenvalue weighted by Crippen LogP contribution is -2.18. The first-order valence-corrected chi connectivity index (χ1v) is 5.27. The van der Waals surface area contributed by atoms with Crippen molar-refractivity contribution in [1.29, 1.82) is 0 Å². The summed E-state index contributed by atoms with van der Waals surface area (Å²) >= 11 is 0. The number of carbonyl (C=O) groups is 1. The third-order valence-electron chi connectivity index (χ3n) is 2.73. The van der Waals surface area contributed by atoms with Crippen LogP contribution in [0.25, 0.3) is 10.9 Å². The van der Waals surface area contributed by atoms with Gasteiger partial charge < -0.3 is 5.11 Å². The summed E-state index contributed by atoms with van der Waals surface area (Å²) in [4.78, 5) is 11.2. The first-order valence-electron chi connectivity index (χ1n) is 5.27. The van der Waals surface area contributed by atoms with Crippen LogP contribution in [0.3, 0.4) is 0 Å². The largest absolute Gasteiger partial charge is 0.481 e. The summed E-state index contributed by atoms with van der Waals surface area (Å²) in [5.41, 5.74) is 1.50. The Morgan fingerprint density at radius 3 is 2.69 bits per heavy atom. The van der Waals surface area contributed by atoms with Crippen LogP contribution >= 0.6 is 0 Å². The molecule has 0 saturated carbocycles. The topological polar surface area (TPSA) is 66.0 Å². The predicted molar refractivity (Wildman–Crippen MR) is 61.3 cm³/mol. The number of hydrogen-bond donors (Lipinski definition) is 2. The van der Waals surface area contributed by atoms with Gasteiger partial charge in [-0.05, 0) is 12.0 Å². The molecule has 0 amide bonds. The van der Waals surface area contributed by atoms with Crippen LogP contribution in [0.15, 0.2) is 24.3 Å². The molecule has 1 aromatic carbocycles. The van der Waals surface area contributed by atoms with Gasteiger partial charge in [0.2, 0.25) is 0 Å². The Kier molecular flexibility index (Phi) is 2.64. The number of benzene rings is 1. The molecule has 4 heteroatoms. The van der Waals surface area contributed by atoms with E-state index >= 15 is 0 Å². The van der Waals surface area contributed by atoms with Crippen molar-refractivity contribution in [3.8, 4) is 0 Å². The van der Waals surface area contributed by atoms with Crippen molar-refractivity contribution in [1.82, 2.24) is 10.2 Å². The zero-order chi connectivity index (χ0) is 11.7. The predicted octanol–water partition coefficient (Wildman–Crippen LogP) is 2.39. The van der Waals surface area contributed by atoms with Crippen molar-refractivity contribution in [3.05, 3.63) is 30.0 Å². The maximum Gasteiger partial charge on any atom is 0.312 e. The van der Waals surface area contributed by atoms with Gasteiger partial charge in [0.15, 0.2) is 0 Å². The Hall–Kier alpha value is -1.84. The normalized spacial score (nSPS) is 13.2. The number of nitrogens with zero attached hydrogens (tertiary/aromatic N) is 1. The van der Waals surface area contributed by atoms with Crippen molar-refractivity contribution < 1.29 is 9.90 Å². The smallest absolute Gasteiger partial charge is 0.312 e. The van der Waals surface area contributed by atoms with Gasteiger partial charge in [0, 0.05) is 5.39 Å². The van der Waals surface area contributed by atoms with E-state index in [1.807, 2.05) is 38.1 Å². The third-order valence-corrected chi connectivity index (χ3v) is 2.73. The number of carboxylic acid groups (broad SMARTS) is 1. The minimum Gasteiger partial charge on any atom is -0.481 e. The van der Waals surface area contributed by atoms with Crippen molar-refractivity contribution in [2.75, 3.05) is 0 Å². The molecule has 84 valence electrons. The maximum atomic E-state index is 11.2. The maximum absolute atomic E-state index is 11.2. The standard InChI is InChI=1S/C12H14N2O2/c1-7(2)10(12(15)16)11-8-5-3-4-6-9(8)13-14-11/h3-7,10H,1-2H3,(H,13,14)(H,15,16). The number of fused-ring (bicyclic) bond motifs is 1. The Labute approximate surface area is 93.3 Å². The lowest BCUT2D eigenvalue weighted by Gasteiger charge is -2.14. The average Bonchev–Trinajstić information content (AvgIpc) is 2.61. The van der Waals surface area contributed by atoms with E-state index in [2.05, 4.69) is 10.2 Å². The van der Waals surface area contributed by atoms with E-state index in [0.717, 1.165) is 10.9 Å². The molecule has 0 aliphatic heterocycles. The summed E-state index contributed by atoms with van der Waals surface area (Å²) in [6, 6.07) is 7.54. The number of H-pyrrole nitrogens is 1. The second-order valence-electron chi connectivity index (χ2n) is 4.21. The van der Waals surface area contributed by atoms with E-state index in [1.165, 1.54) is 0 Å². The fourth-order valence-corrected chi connectivity index (χ4v) is 1.96. The molecule has 0 saturated heterocycles. The molecule has 0 bridgehead atoms. The molecular formula is C12H14N2O2. The average molecular weight is 218 g/mol. The quantitative estimate of drug-likeness (QED) is 0.831. The van der Waals surface area contributed by atoms with Crippen LogP contribution in [0.1, 0.15) is 25.5 Å². The molecule has 0 fully saturated rings. The monoisotopic (exact) mass is 218 g/mol. The highest BCUT2D eigenvalue weighted by molar-refractivity contribution is 5.87. The molecule has 16 heavy (non-hydrogen) atoms. The van der Waals surface area contributed by atoms with E-state index in [-0.39, 0.29) is 5.92 Å². The zero-order valence-corrected chi connectivity index (χ0v) is 9.27. The first-order chi connectivity index (χ1) is 7.61. The van der Waals surface area contributed by atoms with Crippen molar-refractivity contribution in [3.63, 3.8) is 0 Å². The molecule has 1 atom stereocenters. The number of rotatable bonds is 3. The lowest BCUT2D eigenvalue weighted by molar-refractivity contribution is -0.139. The summed E-state index contributed by atoms with van der Waals surface area (Å²) in [7, 11) is 0. The van der Waals surface area contributed by atoms with Crippen LogP contribution in [0.4, 0.5) is 0 Å². The van der Waals surface area contributed by atoms with Gasteiger partial charge in [-0.25, -0.2) is 0 Å². The molecule has 4 nitrogen and oxygen atoms in total. The van der Waals surface area contributed by atoms with Gasteiger partial charge in [-0.2, -0.15) is 5.10 Å². The summed E-state index contributed by atoms with van der Waals surface area (Å²) in [5, 5.41) is 17.1. The zero-order valence-electron chi connectivity index (χ0n) is 9.27. The molecule has 1 aromatic heterocycles. The van der Waals surface area contributed by atoms with Gasteiger partial charge >= 0.3 is 5.97 Å². The van der Waals surface area contributed by atoms with Crippen molar-refractivity contribution in [2.24, 2.45) is 5.92 Å². The Morgan fingerprint density at radius 1 is 1.38 bits per heavy atom. The second kappa shape index (κ2) is 3.96. The molecule has 2 rings (SSSR count). The second-order valence-corrected chi connectivity index (χ2v) is 4.21. The van der Waals surface area contributed by atoms with E-state index in [9.17, 15) is 9.90 Å². The Bertz CT molecular complexity index is 516. The van der Waals surface area contributed by atoms with E-state index < -0.39 is 11.9 Å². The minimum absolute atomic E-state index is 0.0290. The summed E-state index contributed by atoms with van der Waals surface area (Å²) in [6.07, 6.45) is 0. The minimum atomic E-state index is -0.815. The van der Waals surface area contributed by atoms with Gasteiger partial charge in [-0.15, -0.1) is 0 Å². The van der Waals surface area contributed by atoms with Gasteiger partial charge in [-0.1, -0.05) is 32.0 Å². The first kappa shape index (κ1) is 10.7. The number of hydrogen-bond acceptors (Lipinski definition) is 2. The van der Waals surface area contributed by atoms with Crippen LogP contribution in [0, 0.1) is 5.92 Å². The molecule has 2 aromatic rings. The van der Waals surface area contributed by atoms with Crippen LogP contribution < -0.4 is 0 Å². The molecule has 0 aliphatic carbocycles. The number of aliphatic carboxylic acids is 1. The Balaban J connectivity index is 2.57. The van der Waals surface area contributed by atoms with Gasteiger partial charge in [0.05, 0.1) is 11.2 Å². The summed E-state index contributed by atoms with van der Waals surface area (Å²) in [6.45, 7) is 3.79. The molecule has 0 aliphatic rings. The fraction of sp³-hybridized carbons (Fsp3) is 0.333. The van der Waals surface area contributed by atoms with E-state index in [0.29, 0.717) is 5.69 Å². The lowest BCUT2D eigenvalue weighted by atomic mass is 9.91. The Morgan fingerprint density at radius 2 is 2.06 bits per heavy atom. The number of aromatic nitrogens is 2. The highest BCUT2D eigenvalue weighted by Crippen LogP contribution is 2.28. The molecule has 0 radical (unpaired) electrons. The summed E-state index contributed by atoms with van der Waals surface area (Å²) < 4.78 is 0. The van der Waals surface area contributed by atoms with Crippen molar-refractivity contribution >= 4 is 16.9 Å². The number of nitrogens with one attached hydrogen (secondary N) is 1. The molecule has 0 spiro atoms. The SMILES string of the molecule is CC(C)C(C(=O)O)c1[nH]nc2ccccc12. The van der Waals surface area contributed by atoms with E-state index in [1.54, 1.807) is 0 Å². The fourth-order valence-electron chi connectivity index (χ4n) is 1.96. The third kappa shape index (κ3) is 1.66. The van der Waals surface area contributed by atoms with Crippen molar-refractivity contribution in [2.45, 2.75) is 19.8 Å². The summed E-state index contributed by atoms with van der Waals surface area (Å²) in [5.74, 6) is -1.32. The van der Waals surface area contributed by atoms with Gasteiger partial charge in [-0.3, -0.25) is 9.89 Å². The van der Waals surface area contributed by atoms with Gasteiger partial charge in [0.25, 0.3) is 0 Å². The number of aromatic amines is 1. The number of para-hydroxylation sites is 1. The molecule has 1 heterocycles. The highest BCUT2D eigenvalue weighted by atomic mass is 16.4. The number of carboxylic acids is 1. The van der Waals surface area contributed by atoms with Crippen LogP contribution in [0.5, 0.6) is 0 Å². The van der Waals surface area contributed by atoms with Crippen LogP contribution in [-0.4, -0.2) is 21.3 Å². The highest BCUT2D eigenvalue weighted by Gasteiger charge is 2.27.